The molecule has 206 valence electrons. The maximum atomic E-state index is 14.6. The fourth-order valence-corrected chi connectivity index (χ4v) is 3.81. The van der Waals surface area contributed by atoms with Crippen LogP contribution in [0.25, 0.3) is 0 Å². The number of ether oxygens (including phenoxy) is 1. The molecule has 0 spiro atoms. The zero-order valence-electron chi connectivity index (χ0n) is 20.5. The van der Waals surface area contributed by atoms with Crippen LogP contribution >= 0.6 is 0 Å². The Kier molecular flexibility index (Phi) is 9.49. The summed E-state index contributed by atoms with van der Waals surface area (Å²) in [5.74, 6) is -7.44. The summed E-state index contributed by atoms with van der Waals surface area (Å²) in [5.41, 5.74) is 0. The fourth-order valence-electron chi connectivity index (χ4n) is 3.81. The molecule has 0 heterocycles. The van der Waals surface area contributed by atoms with E-state index in [0.29, 0.717) is 19.3 Å². The minimum atomic E-state index is -3.93. The van der Waals surface area contributed by atoms with Gasteiger partial charge in [0.05, 0.1) is 12.1 Å². The van der Waals surface area contributed by atoms with Gasteiger partial charge in [0.2, 0.25) is 17.6 Å². The number of alkyl halides is 4. The molecule has 1 aromatic carbocycles. The minimum Gasteiger partial charge on any atom is -0.432 e. The Balaban J connectivity index is 1.67. The molecule has 0 aliphatic heterocycles. The second kappa shape index (κ2) is 12.2. The topological polar surface area (TPSA) is 96.5 Å². The number of hydrogen-bond donors (Lipinski definition) is 3. The number of nitrogens with one attached hydrogen (secondary N) is 3. The largest absolute Gasteiger partial charge is 0.432 e. The highest BCUT2D eigenvalue weighted by Gasteiger charge is 2.43. The summed E-state index contributed by atoms with van der Waals surface area (Å²) in [5, 5.41) is 6.97. The molecular formula is C25H32F5N3O4. The van der Waals surface area contributed by atoms with Gasteiger partial charge in [-0.3, -0.25) is 19.7 Å². The molecule has 2 aliphatic carbocycles. The summed E-state index contributed by atoms with van der Waals surface area (Å²) < 4.78 is 75.7. The van der Waals surface area contributed by atoms with Gasteiger partial charge in [0.25, 0.3) is 5.91 Å². The van der Waals surface area contributed by atoms with Crippen LogP contribution in [0.2, 0.25) is 0 Å². The van der Waals surface area contributed by atoms with Gasteiger partial charge in [-0.05, 0) is 62.3 Å². The fraction of sp³-hybridized carbons (Fsp3) is 0.640. The van der Waals surface area contributed by atoms with Crippen molar-refractivity contribution in [1.29, 1.82) is 0 Å². The van der Waals surface area contributed by atoms with Crippen molar-refractivity contribution in [2.45, 2.75) is 88.4 Å². The van der Waals surface area contributed by atoms with E-state index in [1.165, 1.54) is 0 Å². The van der Waals surface area contributed by atoms with Gasteiger partial charge in [0, 0.05) is 18.9 Å². The molecule has 0 radical (unpaired) electrons. The van der Waals surface area contributed by atoms with Crippen molar-refractivity contribution in [3.05, 3.63) is 30.1 Å². The first-order chi connectivity index (χ1) is 17.4. The van der Waals surface area contributed by atoms with E-state index in [2.05, 4.69) is 20.7 Å². The number of benzene rings is 1. The van der Waals surface area contributed by atoms with Gasteiger partial charge in [-0.15, -0.1) is 0 Å². The van der Waals surface area contributed by atoms with Gasteiger partial charge >= 0.3 is 6.11 Å². The highest BCUT2D eigenvalue weighted by atomic mass is 19.3. The lowest BCUT2D eigenvalue weighted by molar-refractivity contribution is -0.174. The second-order valence-corrected chi connectivity index (χ2v) is 9.80. The first kappa shape index (κ1) is 28.8. The van der Waals surface area contributed by atoms with Crippen molar-refractivity contribution >= 4 is 17.6 Å². The third-order valence-electron chi connectivity index (χ3n) is 6.09. The van der Waals surface area contributed by atoms with Crippen LogP contribution in [-0.4, -0.2) is 54.3 Å². The predicted octanol–water partition coefficient (Wildman–Crippen LogP) is 3.71. The van der Waals surface area contributed by atoms with E-state index in [1.54, 1.807) is 6.92 Å². The summed E-state index contributed by atoms with van der Waals surface area (Å²) in [7, 11) is 0. The number of ketones is 1. The number of carbonyl (C=O) groups is 3. The van der Waals surface area contributed by atoms with Crippen molar-refractivity contribution in [1.82, 2.24) is 16.0 Å². The lowest BCUT2D eigenvalue weighted by Crippen LogP contribution is -2.56. The van der Waals surface area contributed by atoms with Crippen molar-refractivity contribution < 1.29 is 41.1 Å². The van der Waals surface area contributed by atoms with E-state index in [9.17, 15) is 36.3 Å². The number of rotatable bonds is 16. The van der Waals surface area contributed by atoms with Gasteiger partial charge in [-0.25, -0.2) is 13.2 Å². The lowest BCUT2D eigenvalue weighted by atomic mass is 10.0. The molecule has 2 fully saturated rings. The Hall–Kier alpha value is -2.76. The molecule has 2 atom stereocenters. The van der Waals surface area contributed by atoms with Crippen LogP contribution in [-0.2, 0) is 14.4 Å². The standard InChI is InChI=1S/C25H32F5N3O4/c1-2-3-19(21(34)23(36)32-17-8-9-17)33-22(35)20(13-24(27,28)12-15-4-5-15)31-14-25(29,30)37-18-10-6-16(26)7-11-18/h6-7,10-11,15,17,19-20,31H,2-5,8-9,12-14H2,1H3,(H,32,36)(H,33,35)/t19-,20-/m0/s1. The van der Waals surface area contributed by atoms with Gasteiger partial charge < -0.3 is 15.4 Å². The molecule has 0 saturated heterocycles. The van der Waals surface area contributed by atoms with Crippen LogP contribution in [0.4, 0.5) is 22.0 Å². The summed E-state index contributed by atoms with van der Waals surface area (Å²) in [6.45, 7) is 0.397. The average Bonchev–Trinajstić information content (AvgIpc) is 3.75. The second-order valence-electron chi connectivity index (χ2n) is 9.80. The number of carbonyl (C=O) groups excluding carboxylic acids is 3. The number of hydrogen-bond acceptors (Lipinski definition) is 5. The Labute approximate surface area is 211 Å². The van der Waals surface area contributed by atoms with Crippen LogP contribution in [0.3, 0.4) is 0 Å². The molecular weight excluding hydrogens is 501 g/mol. The Morgan fingerprint density at radius 3 is 2.24 bits per heavy atom. The molecule has 7 nitrogen and oxygen atoms in total. The van der Waals surface area contributed by atoms with E-state index < -0.39 is 66.9 Å². The van der Waals surface area contributed by atoms with Crippen LogP contribution < -0.4 is 20.7 Å². The van der Waals surface area contributed by atoms with E-state index in [1.807, 2.05) is 0 Å². The van der Waals surface area contributed by atoms with E-state index in [0.717, 1.165) is 37.1 Å². The van der Waals surface area contributed by atoms with Gasteiger partial charge in [-0.2, -0.15) is 8.78 Å². The monoisotopic (exact) mass is 533 g/mol. The normalized spacial score (nSPS) is 17.6. The number of amides is 2. The zero-order valence-corrected chi connectivity index (χ0v) is 20.5. The molecule has 0 aromatic heterocycles. The Morgan fingerprint density at radius 2 is 1.68 bits per heavy atom. The molecule has 2 saturated carbocycles. The third kappa shape index (κ3) is 9.90. The minimum absolute atomic E-state index is 0.0671. The molecule has 37 heavy (non-hydrogen) atoms. The quantitative estimate of drug-likeness (QED) is 0.222. The lowest BCUT2D eigenvalue weighted by Gasteiger charge is -2.27. The van der Waals surface area contributed by atoms with E-state index in [4.69, 9.17) is 0 Å². The summed E-state index contributed by atoms with van der Waals surface area (Å²) >= 11 is 0. The van der Waals surface area contributed by atoms with Crippen molar-refractivity contribution in [3.8, 4) is 5.75 Å². The number of halogens is 5. The summed E-state index contributed by atoms with van der Waals surface area (Å²) in [6, 6.07) is 0.600. The molecule has 0 unspecified atom stereocenters. The van der Waals surface area contributed by atoms with Crippen molar-refractivity contribution in [2.75, 3.05) is 6.54 Å². The first-order valence-electron chi connectivity index (χ1n) is 12.5. The average molecular weight is 534 g/mol. The predicted molar refractivity (Wildman–Crippen MR) is 124 cm³/mol. The molecule has 1 aromatic rings. The van der Waals surface area contributed by atoms with Gasteiger partial charge in [-0.1, -0.05) is 13.3 Å². The smallest absolute Gasteiger partial charge is 0.410 e. The van der Waals surface area contributed by atoms with Crippen molar-refractivity contribution in [2.24, 2.45) is 5.92 Å². The maximum absolute atomic E-state index is 14.6. The molecule has 3 N–H and O–H groups in total. The Bertz CT molecular complexity index is 952. The molecule has 3 rings (SSSR count). The number of Topliss-reactive ketones (excluding diaryl/α,β-unsaturated/α-hetero) is 1. The highest BCUT2D eigenvalue weighted by Crippen LogP contribution is 2.41. The molecule has 0 bridgehead atoms. The van der Waals surface area contributed by atoms with Crippen LogP contribution in [0, 0.1) is 11.7 Å². The molecule has 2 aliphatic rings. The maximum Gasteiger partial charge on any atom is 0.410 e. The Morgan fingerprint density at radius 1 is 1.03 bits per heavy atom. The summed E-state index contributed by atoms with van der Waals surface area (Å²) in [4.78, 5) is 37.7. The molecule has 12 heteroatoms. The first-order valence-corrected chi connectivity index (χ1v) is 12.5. The summed E-state index contributed by atoms with van der Waals surface area (Å²) in [6.07, 6.45) is -2.29. The van der Waals surface area contributed by atoms with Crippen molar-refractivity contribution in [3.63, 3.8) is 0 Å². The van der Waals surface area contributed by atoms with Gasteiger partial charge in [0.15, 0.2) is 0 Å². The third-order valence-corrected chi connectivity index (χ3v) is 6.09. The van der Waals surface area contributed by atoms with Gasteiger partial charge in [0.1, 0.15) is 18.1 Å². The van der Waals surface area contributed by atoms with E-state index >= 15 is 0 Å². The zero-order chi connectivity index (χ0) is 27.2. The highest BCUT2D eigenvalue weighted by molar-refractivity contribution is 6.38. The van der Waals surface area contributed by atoms with Crippen LogP contribution in [0.5, 0.6) is 5.75 Å². The molecule has 2 amide bonds. The van der Waals surface area contributed by atoms with Crippen LogP contribution in [0.1, 0.15) is 58.3 Å². The SMILES string of the molecule is CCC[C@H](NC(=O)[C@H](CC(F)(F)CC1CC1)NCC(F)(F)Oc1ccc(F)cc1)C(=O)C(=O)NC1CC1. The van der Waals surface area contributed by atoms with E-state index in [-0.39, 0.29) is 24.1 Å². The van der Waals surface area contributed by atoms with Crippen LogP contribution in [0.15, 0.2) is 24.3 Å².